The number of phenolic OH excluding ortho intramolecular Hbond substituents is 1. The van der Waals surface area contributed by atoms with Gasteiger partial charge in [-0.25, -0.2) is 9.38 Å². The zero-order chi connectivity index (χ0) is 30.5. The molecule has 41 heavy (non-hydrogen) atoms. The first-order valence-corrected chi connectivity index (χ1v) is 12.4. The Labute approximate surface area is 235 Å². The Hall–Kier alpha value is -4.11. The summed E-state index contributed by atoms with van der Waals surface area (Å²) in [5.41, 5.74) is -3.95. The smallest absolute Gasteiger partial charge is 0.421 e. The van der Waals surface area contributed by atoms with Gasteiger partial charge in [-0.05, 0) is 42.3 Å². The number of carbonyl (C=O) groups is 3. The normalized spacial score (nSPS) is 17.3. The molecule has 1 heterocycles. The summed E-state index contributed by atoms with van der Waals surface area (Å²) in [6, 6.07) is 5.23. The average Bonchev–Trinajstić information content (AvgIpc) is 2.86. The molecule has 0 bridgehead atoms. The van der Waals surface area contributed by atoms with E-state index in [9.17, 15) is 47.3 Å². The number of halogens is 5. The number of carbonyl (C=O) groups excluding carboxylic acids is 2. The minimum absolute atomic E-state index is 0.0219. The summed E-state index contributed by atoms with van der Waals surface area (Å²) in [7, 11) is 0. The zero-order valence-corrected chi connectivity index (χ0v) is 22.1. The number of aliphatic hydroxyl groups is 1. The highest BCUT2D eigenvalue weighted by Gasteiger charge is 2.51. The number of anilines is 1. The highest BCUT2D eigenvalue weighted by Crippen LogP contribution is 2.40. The lowest BCUT2D eigenvalue weighted by atomic mass is 9.91. The molecule has 0 saturated heterocycles. The summed E-state index contributed by atoms with van der Waals surface area (Å²) in [6.45, 7) is -0.220. The monoisotopic (exact) mass is 603 g/mol. The number of hydrogen-bond acceptors (Lipinski definition) is 8. The molecule has 2 amide bonds. The van der Waals surface area contributed by atoms with Crippen LogP contribution in [0.3, 0.4) is 0 Å². The van der Waals surface area contributed by atoms with E-state index < -0.39 is 60.3 Å². The SMILES string of the molecule is CC(O)(c1cc(Cl)cc(C(CC(=O)O)NC(=O)CNC(=O)c2cc(O)cc(NC3=NCC(F)CN3)c2)c1)C(F)(F)F. The maximum absolute atomic E-state index is 13.4. The lowest BCUT2D eigenvalue weighted by Crippen LogP contribution is -2.41. The fraction of sp³-hybridized carbons (Fsp3) is 0.360. The van der Waals surface area contributed by atoms with Gasteiger partial charge in [-0.3, -0.25) is 14.4 Å². The van der Waals surface area contributed by atoms with Gasteiger partial charge in [0.1, 0.15) is 11.9 Å². The highest BCUT2D eigenvalue weighted by atomic mass is 35.5. The van der Waals surface area contributed by atoms with Crippen LogP contribution in [0, 0.1) is 0 Å². The number of carboxylic acids is 1. The summed E-state index contributed by atoms with van der Waals surface area (Å²) < 4.78 is 53.3. The Morgan fingerprint density at radius 3 is 2.49 bits per heavy atom. The molecule has 16 heteroatoms. The van der Waals surface area contributed by atoms with Crippen LogP contribution >= 0.6 is 11.6 Å². The summed E-state index contributed by atoms with van der Waals surface area (Å²) in [5, 5.41) is 39.2. The minimum Gasteiger partial charge on any atom is -0.508 e. The molecule has 2 aromatic rings. The van der Waals surface area contributed by atoms with E-state index in [0.717, 1.165) is 24.3 Å². The molecule has 0 spiro atoms. The van der Waals surface area contributed by atoms with E-state index >= 15 is 0 Å². The van der Waals surface area contributed by atoms with Gasteiger partial charge in [-0.2, -0.15) is 13.2 Å². The lowest BCUT2D eigenvalue weighted by molar-refractivity contribution is -0.258. The molecule has 7 N–H and O–H groups in total. The van der Waals surface area contributed by atoms with Crippen LogP contribution in [-0.4, -0.2) is 71.0 Å². The van der Waals surface area contributed by atoms with E-state index in [0.29, 0.717) is 6.92 Å². The quantitative estimate of drug-likeness (QED) is 0.214. The number of rotatable bonds is 9. The number of hydrogen-bond donors (Lipinski definition) is 7. The summed E-state index contributed by atoms with van der Waals surface area (Å²) >= 11 is 5.94. The van der Waals surface area contributed by atoms with E-state index in [4.69, 9.17) is 11.6 Å². The Morgan fingerprint density at radius 1 is 1.17 bits per heavy atom. The largest absolute Gasteiger partial charge is 0.508 e. The molecule has 222 valence electrons. The van der Waals surface area contributed by atoms with Crippen molar-refractivity contribution in [1.29, 1.82) is 0 Å². The van der Waals surface area contributed by atoms with Gasteiger partial charge in [-0.1, -0.05) is 17.7 Å². The van der Waals surface area contributed by atoms with Crippen molar-refractivity contribution in [1.82, 2.24) is 16.0 Å². The number of benzene rings is 2. The summed E-state index contributed by atoms with van der Waals surface area (Å²) in [6.07, 6.45) is -6.98. The van der Waals surface area contributed by atoms with Crippen LogP contribution in [0.2, 0.25) is 5.02 Å². The Kier molecular flexibility index (Phi) is 9.65. The van der Waals surface area contributed by atoms with Gasteiger partial charge < -0.3 is 36.6 Å². The molecule has 1 aliphatic heterocycles. The minimum atomic E-state index is -5.08. The van der Waals surface area contributed by atoms with Crippen molar-refractivity contribution < 1.29 is 47.3 Å². The second-order valence-corrected chi connectivity index (χ2v) is 9.74. The van der Waals surface area contributed by atoms with Crippen LogP contribution in [0.15, 0.2) is 41.4 Å². The van der Waals surface area contributed by atoms with Gasteiger partial charge in [0.2, 0.25) is 5.91 Å². The Morgan fingerprint density at radius 2 is 1.88 bits per heavy atom. The van der Waals surface area contributed by atoms with Crippen LogP contribution in [0.4, 0.5) is 23.2 Å². The number of aliphatic carboxylic acids is 1. The molecule has 0 aromatic heterocycles. The van der Waals surface area contributed by atoms with Crippen LogP contribution in [0.1, 0.15) is 40.9 Å². The zero-order valence-electron chi connectivity index (χ0n) is 21.4. The second-order valence-electron chi connectivity index (χ2n) is 9.30. The van der Waals surface area contributed by atoms with Crippen LogP contribution in [0.25, 0.3) is 0 Å². The van der Waals surface area contributed by atoms with Crippen molar-refractivity contribution in [2.45, 2.75) is 37.3 Å². The number of guanidine groups is 1. The van der Waals surface area contributed by atoms with Gasteiger partial charge in [0.25, 0.3) is 5.91 Å². The first-order chi connectivity index (χ1) is 19.0. The van der Waals surface area contributed by atoms with Crippen LogP contribution in [-0.2, 0) is 15.2 Å². The molecule has 11 nitrogen and oxygen atoms in total. The van der Waals surface area contributed by atoms with E-state index in [1.54, 1.807) is 0 Å². The fourth-order valence-corrected chi connectivity index (χ4v) is 3.99. The lowest BCUT2D eigenvalue weighted by Gasteiger charge is -2.28. The van der Waals surface area contributed by atoms with Crippen molar-refractivity contribution in [3.8, 4) is 5.75 Å². The van der Waals surface area contributed by atoms with Crippen molar-refractivity contribution in [2.75, 3.05) is 25.0 Å². The van der Waals surface area contributed by atoms with Gasteiger partial charge in [-0.15, -0.1) is 0 Å². The van der Waals surface area contributed by atoms with Crippen molar-refractivity contribution in [3.05, 3.63) is 58.1 Å². The first-order valence-electron chi connectivity index (χ1n) is 12.0. The third-order valence-corrected chi connectivity index (χ3v) is 6.16. The van der Waals surface area contributed by atoms with Gasteiger partial charge in [0.15, 0.2) is 11.6 Å². The van der Waals surface area contributed by atoms with Gasteiger partial charge >= 0.3 is 12.1 Å². The molecular weight excluding hydrogens is 578 g/mol. The van der Waals surface area contributed by atoms with Gasteiger partial charge in [0.05, 0.1) is 32.1 Å². The third-order valence-electron chi connectivity index (χ3n) is 5.94. The number of phenols is 1. The molecule has 1 aliphatic rings. The molecule has 0 fully saturated rings. The maximum Gasteiger partial charge on any atom is 0.421 e. The van der Waals surface area contributed by atoms with E-state index in [1.165, 1.54) is 12.1 Å². The third kappa shape index (κ3) is 8.44. The first kappa shape index (κ1) is 31.4. The number of alkyl halides is 4. The molecule has 3 rings (SSSR count). The molecule has 0 saturated carbocycles. The number of nitrogens with zero attached hydrogens (tertiary/aromatic N) is 1. The standard InChI is InChI=1S/C25H26ClF4N5O6/c1-24(41,25(28,29)30)14-2-12(3-15(26)6-14)19(8-21(38)39)35-20(37)11-31-22(40)13-4-17(7-18(36)5-13)34-23-32-9-16(27)10-33-23/h2-7,16,19,36,41H,8-11H2,1H3,(H,31,40)(H,35,37)(H,38,39)(H2,32,33,34). The van der Waals surface area contributed by atoms with Gasteiger partial charge in [0, 0.05) is 22.3 Å². The van der Waals surface area contributed by atoms with E-state index in [-0.39, 0.29) is 46.6 Å². The summed E-state index contributed by atoms with van der Waals surface area (Å²) in [4.78, 5) is 40.6. The van der Waals surface area contributed by atoms with Crippen molar-refractivity contribution in [2.24, 2.45) is 4.99 Å². The number of aliphatic imine (C=N–C) groups is 1. The molecule has 0 radical (unpaired) electrons. The highest BCUT2D eigenvalue weighted by molar-refractivity contribution is 6.30. The van der Waals surface area contributed by atoms with Crippen LogP contribution < -0.4 is 21.3 Å². The predicted molar refractivity (Wildman–Crippen MR) is 139 cm³/mol. The molecule has 3 atom stereocenters. The number of aromatic hydroxyl groups is 1. The number of amides is 2. The molecule has 2 aromatic carbocycles. The molecular formula is C25H26ClF4N5O6. The van der Waals surface area contributed by atoms with Crippen molar-refractivity contribution in [3.63, 3.8) is 0 Å². The maximum atomic E-state index is 13.4. The number of nitrogens with one attached hydrogen (secondary N) is 4. The predicted octanol–water partition coefficient (Wildman–Crippen LogP) is 2.59. The second kappa shape index (κ2) is 12.6. The molecule has 3 unspecified atom stereocenters. The van der Waals surface area contributed by atoms with Crippen LogP contribution in [0.5, 0.6) is 5.75 Å². The topological polar surface area (TPSA) is 172 Å². The number of carboxylic acid groups (broad SMARTS) is 1. The van der Waals surface area contributed by atoms with E-state index in [2.05, 4.69) is 26.3 Å². The Balaban J connectivity index is 1.71. The average molecular weight is 604 g/mol. The summed E-state index contributed by atoms with van der Waals surface area (Å²) in [5.74, 6) is -3.18. The van der Waals surface area contributed by atoms with E-state index in [1.807, 2.05) is 0 Å². The molecule has 0 aliphatic carbocycles. The van der Waals surface area contributed by atoms with Crippen molar-refractivity contribution >= 4 is 41.0 Å². The fourth-order valence-electron chi connectivity index (χ4n) is 3.75. The Bertz CT molecular complexity index is 1350.